The standard InChI is InChI=1S/C12H11FN6O2S/c13-4-7-1-2-8(22(14,20)21)3-9(7)19-12-10-11(16-5-15-10)17-6-18-12/h1-3,5-6H,4H2,(H2,14,20,21)(H2,15,16,17,18,19). The highest BCUT2D eigenvalue weighted by molar-refractivity contribution is 7.89. The molecule has 3 rings (SSSR count). The van der Waals surface area contributed by atoms with Crippen LogP contribution in [0.2, 0.25) is 0 Å². The van der Waals surface area contributed by atoms with Crippen LogP contribution in [0.25, 0.3) is 11.2 Å². The topological polar surface area (TPSA) is 127 Å². The van der Waals surface area contributed by atoms with Crippen molar-refractivity contribution in [3.63, 3.8) is 0 Å². The van der Waals surface area contributed by atoms with E-state index in [0.717, 1.165) is 0 Å². The molecule has 2 heterocycles. The number of imidazole rings is 1. The van der Waals surface area contributed by atoms with Gasteiger partial charge < -0.3 is 10.3 Å². The Balaban J connectivity index is 2.09. The number of halogens is 1. The maximum Gasteiger partial charge on any atom is 0.238 e. The summed E-state index contributed by atoms with van der Waals surface area (Å²) < 4.78 is 35.9. The van der Waals surface area contributed by atoms with Crippen LogP contribution >= 0.6 is 0 Å². The van der Waals surface area contributed by atoms with Crippen molar-refractivity contribution >= 4 is 32.7 Å². The molecule has 2 aromatic heterocycles. The van der Waals surface area contributed by atoms with Gasteiger partial charge in [-0.15, -0.1) is 0 Å². The molecule has 1 aromatic carbocycles. The minimum Gasteiger partial charge on any atom is -0.340 e. The molecular formula is C12H11FN6O2S. The van der Waals surface area contributed by atoms with Crippen LogP contribution in [-0.4, -0.2) is 28.4 Å². The highest BCUT2D eigenvalue weighted by Crippen LogP contribution is 2.26. The third-order valence-electron chi connectivity index (χ3n) is 3.03. The van der Waals surface area contributed by atoms with Gasteiger partial charge in [0.1, 0.15) is 18.5 Å². The highest BCUT2D eigenvalue weighted by Gasteiger charge is 2.13. The first-order valence-electron chi connectivity index (χ1n) is 6.12. The van der Waals surface area contributed by atoms with E-state index in [1.807, 2.05) is 0 Å². The number of aromatic amines is 1. The molecule has 0 unspecified atom stereocenters. The summed E-state index contributed by atoms with van der Waals surface area (Å²) >= 11 is 0. The first kappa shape index (κ1) is 14.4. The Labute approximate surface area is 124 Å². The van der Waals surface area contributed by atoms with Crippen LogP contribution in [0.15, 0.2) is 35.7 Å². The second kappa shape index (κ2) is 5.31. The molecule has 0 saturated heterocycles. The lowest BCUT2D eigenvalue weighted by molar-refractivity contribution is 0.486. The van der Waals surface area contributed by atoms with Gasteiger partial charge in [0.15, 0.2) is 11.5 Å². The molecule has 0 aliphatic heterocycles. The molecule has 0 spiro atoms. The lowest BCUT2D eigenvalue weighted by atomic mass is 10.2. The Morgan fingerprint density at radius 3 is 2.82 bits per heavy atom. The number of primary sulfonamides is 1. The second-order valence-electron chi connectivity index (χ2n) is 4.45. The summed E-state index contributed by atoms with van der Waals surface area (Å²) in [6, 6.07) is 3.86. The first-order valence-corrected chi connectivity index (χ1v) is 7.66. The lowest BCUT2D eigenvalue weighted by Gasteiger charge is -2.11. The van der Waals surface area contributed by atoms with E-state index in [2.05, 4.69) is 25.3 Å². The Morgan fingerprint density at radius 2 is 2.09 bits per heavy atom. The van der Waals surface area contributed by atoms with Gasteiger partial charge in [0, 0.05) is 11.3 Å². The molecule has 0 bridgehead atoms. The van der Waals surface area contributed by atoms with Gasteiger partial charge in [0.25, 0.3) is 0 Å². The van der Waals surface area contributed by atoms with Gasteiger partial charge in [-0.05, 0) is 12.1 Å². The first-order chi connectivity index (χ1) is 10.5. The van der Waals surface area contributed by atoms with Crippen LogP contribution in [0.5, 0.6) is 0 Å². The Kier molecular flexibility index (Phi) is 3.47. The summed E-state index contributed by atoms with van der Waals surface area (Å²) in [6.45, 7) is -0.773. The maximum atomic E-state index is 13.1. The van der Waals surface area contributed by atoms with E-state index >= 15 is 0 Å². The Morgan fingerprint density at radius 1 is 1.27 bits per heavy atom. The zero-order valence-electron chi connectivity index (χ0n) is 11.1. The lowest BCUT2D eigenvalue weighted by Crippen LogP contribution is -2.12. The van der Waals surface area contributed by atoms with Crippen LogP contribution in [0.4, 0.5) is 15.9 Å². The van der Waals surface area contributed by atoms with Crippen molar-refractivity contribution in [3.05, 3.63) is 36.4 Å². The molecule has 10 heteroatoms. The van der Waals surface area contributed by atoms with Crippen molar-refractivity contribution in [3.8, 4) is 0 Å². The summed E-state index contributed by atoms with van der Waals surface area (Å²) in [5.41, 5.74) is 1.48. The monoisotopic (exact) mass is 322 g/mol. The quantitative estimate of drug-likeness (QED) is 0.662. The molecule has 0 fully saturated rings. The number of hydrogen-bond donors (Lipinski definition) is 3. The largest absolute Gasteiger partial charge is 0.340 e. The molecule has 114 valence electrons. The molecular weight excluding hydrogens is 311 g/mol. The van der Waals surface area contributed by atoms with Crippen LogP contribution < -0.4 is 10.5 Å². The van der Waals surface area contributed by atoms with Crippen molar-refractivity contribution in [2.24, 2.45) is 5.14 Å². The van der Waals surface area contributed by atoms with Gasteiger partial charge >= 0.3 is 0 Å². The molecule has 4 N–H and O–H groups in total. The SMILES string of the molecule is NS(=O)(=O)c1ccc(CF)c(Nc2ncnc3nc[nH]c23)c1. The number of anilines is 2. The van der Waals surface area contributed by atoms with E-state index < -0.39 is 16.7 Å². The highest BCUT2D eigenvalue weighted by atomic mass is 32.2. The van der Waals surface area contributed by atoms with E-state index in [1.165, 1.54) is 30.9 Å². The van der Waals surface area contributed by atoms with E-state index in [1.54, 1.807) is 0 Å². The average Bonchev–Trinajstić information content (AvgIpc) is 2.96. The number of alkyl halides is 1. The van der Waals surface area contributed by atoms with Crippen molar-refractivity contribution in [2.45, 2.75) is 11.6 Å². The van der Waals surface area contributed by atoms with Gasteiger partial charge in [-0.25, -0.2) is 32.9 Å². The Bertz CT molecular complexity index is 940. The molecule has 0 aliphatic carbocycles. The van der Waals surface area contributed by atoms with Crippen molar-refractivity contribution < 1.29 is 12.8 Å². The number of aromatic nitrogens is 4. The van der Waals surface area contributed by atoms with E-state index in [4.69, 9.17) is 5.14 Å². The van der Waals surface area contributed by atoms with Gasteiger partial charge in [-0.3, -0.25) is 0 Å². The number of nitrogens with one attached hydrogen (secondary N) is 2. The summed E-state index contributed by atoms with van der Waals surface area (Å²) in [5, 5.41) is 7.98. The van der Waals surface area contributed by atoms with Crippen LogP contribution in [0.1, 0.15) is 5.56 Å². The fourth-order valence-corrected chi connectivity index (χ4v) is 2.49. The number of benzene rings is 1. The molecule has 8 nitrogen and oxygen atoms in total. The molecule has 0 saturated carbocycles. The smallest absolute Gasteiger partial charge is 0.238 e. The maximum absolute atomic E-state index is 13.1. The fraction of sp³-hybridized carbons (Fsp3) is 0.0833. The molecule has 0 aliphatic rings. The molecule has 0 atom stereocenters. The van der Waals surface area contributed by atoms with E-state index in [-0.39, 0.29) is 16.1 Å². The summed E-state index contributed by atoms with van der Waals surface area (Å²) in [5.74, 6) is 0.351. The van der Waals surface area contributed by atoms with E-state index in [9.17, 15) is 12.8 Å². The summed E-state index contributed by atoms with van der Waals surface area (Å²) in [7, 11) is -3.89. The number of nitrogens with zero attached hydrogens (tertiary/aromatic N) is 3. The molecule has 3 aromatic rings. The predicted molar refractivity (Wildman–Crippen MR) is 77.6 cm³/mol. The van der Waals surface area contributed by atoms with Crippen molar-refractivity contribution in [1.82, 2.24) is 19.9 Å². The van der Waals surface area contributed by atoms with E-state index in [0.29, 0.717) is 17.0 Å². The van der Waals surface area contributed by atoms with Crippen LogP contribution in [0.3, 0.4) is 0 Å². The number of sulfonamides is 1. The third kappa shape index (κ3) is 2.61. The molecule has 0 radical (unpaired) electrons. The van der Waals surface area contributed by atoms with Crippen molar-refractivity contribution in [1.29, 1.82) is 0 Å². The Hall–Kier alpha value is -2.59. The average molecular weight is 322 g/mol. The fourth-order valence-electron chi connectivity index (χ4n) is 1.95. The van der Waals surface area contributed by atoms with Gasteiger partial charge in [-0.2, -0.15) is 0 Å². The summed E-state index contributed by atoms with van der Waals surface area (Å²) in [4.78, 5) is 14.7. The normalized spacial score (nSPS) is 11.7. The third-order valence-corrected chi connectivity index (χ3v) is 3.94. The number of nitrogens with two attached hydrogens (primary N) is 1. The minimum atomic E-state index is -3.89. The number of rotatable bonds is 4. The van der Waals surface area contributed by atoms with Crippen LogP contribution in [-0.2, 0) is 16.7 Å². The van der Waals surface area contributed by atoms with Crippen LogP contribution in [0, 0.1) is 0 Å². The molecule has 0 amide bonds. The zero-order chi connectivity index (χ0) is 15.7. The number of H-pyrrole nitrogens is 1. The minimum absolute atomic E-state index is 0.123. The van der Waals surface area contributed by atoms with Crippen molar-refractivity contribution in [2.75, 3.05) is 5.32 Å². The zero-order valence-corrected chi connectivity index (χ0v) is 11.9. The molecule has 22 heavy (non-hydrogen) atoms. The number of hydrogen-bond acceptors (Lipinski definition) is 6. The number of fused-ring (bicyclic) bond motifs is 1. The van der Waals surface area contributed by atoms with Gasteiger partial charge in [0.05, 0.1) is 11.2 Å². The summed E-state index contributed by atoms with van der Waals surface area (Å²) in [6.07, 6.45) is 2.74. The predicted octanol–water partition coefficient (Wildman–Crippen LogP) is 1.21. The van der Waals surface area contributed by atoms with Gasteiger partial charge in [0.2, 0.25) is 10.0 Å². The second-order valence-corrected chi connectivity index (χ2v) is 6.01. The van der Waals surface area contributed by atoms with Gasteiger partial charge in [-0.1, -0.05) is 6.07 Å².